The molecule has 0 fully saturated rings. The summed E-state index contributed by atoms with van der Waals surface area (Å²) in [5.74, 6) is 0. The number of hydrogen-bond acceptors (Lipinski definition) is 0. The fraction of sp³-hybridized carbons (Fsp3) is 0.423. The Bertz CT molecular complexity index is 1730. The Morgan fingerprint density at radius 2 is 0.792 bits per heavy atom. The van der Waals surface area contributed by atoms with Gasteiger partial charge in [0.2, 0.25) is 0 Å². The second-order valence-corrected chi connectivity index (χ2v) is 20.7. The van der Waals surface area contributed by atoms with Crippen LogP contribution in [0.25, 0.3) is 32.6 Å². The van der Waals surface area contributed by atoms with E-state index in [0.717, 1.165) is 0 Å². The lowest BCUT2D eigenvalue weighted by Gasteiger charge is -2.33. The molecule has 4 aromatic rings. The third-order valence-corrected chi connectivity index (χ3v) is 15.7. The Morgan fingerprint density at radius 3 is 1.17 bits per heavy atom. The van der Waals surface area contributed by atoms with E-state index in [4.69, 9.17) is 0 Å². The average Bonchev–Trinajstić information content (AvgIpc) is 3.76. The normalized spacial score (nSPS) is 14.0. The summed E-state index contributed by atoms with van der Waals surface area (Å²) in [4.78, 5) is 0. The first-order chi connectivity index (χ1) is 25.9. The highest BCUT2D eigenvalue weighted by Crippen LogP contribution is 2.54. The minimum atomic E-state index is -2.29. The van der Waals surface area contributed by atoms with E-state index in [2.05, 4.69) is 139 Å². The summed E-state index contributed by atoms with van der Waals surface area (Å²) in [5, 5.41) is 3.39. The highest BCUT2D eigenvalue weighted by atomic mass is 28.3. The number of hydrogen-bond donors (Lipinski definition) is 0. The van der Waals surface area contributed by atoms with Gasteiger partial charge in [-0.05, 0) is 117 Å². The molecule has 2 radical (unpaired) electrons. The first-order valence-corrected chi connectivity index (χ1v) is 24.5. The first kappa shape index (κ1) is 39.3. The molecule has 0 saturated carbocycles. The summed E-state index contributed by atoms with van der Waals surface area (Å²) in [6.45, 7) is 14.6. The van der Waals surface area contributed by atoms with Crippen molar-refractivity contribution in [3.05, 3.63) is 142 Å². The lowest BCUT2D eigenvalue weighted by molar-refractivity contribution is 0.667. The zero-order chi connectivity index (χ0) is 37.2. The summed E-state index contributed by atoms with van der Waals surface area (Å²) < 4.78 is 0. The Labute approximate surface area is 325 Å². The topological polar surface area (TPSA) is 0 Å². The van der Waals surface area contributed by atoms with Gasteiger partial charge >= 0.3 is 0 Å². The third-order valence-electron chi connectivity index (χ3n) is 12.0. The van der Waals surface area contributed by atoms with Crippen LogP contribution in [0.5, 0.6) is 0 Å². The Hall–Kier alpha value is -3.42. The van der Waals surface area contributed by atoms with Gasteiger partial charge < -0.3 is 0 Å². The van der Waals surface area contributed by atoms with Gasteiger partial charge in [0.25, 0.3) is 0 Å². The number of benzene rings is 4. The molecule has 6 rings (SSSR count). The molecule has 0 amide bonds. The van der Waals surface area contributed by atoms with Gasteiger partial charge in [-0.25, -0.2) is 0 Å². The molecule has 0 atom stereocenters. The first-order valence-electron chi connectivity index (χ1n) is 21.5. The van der Waals surface area contributed by atoms with Gasteiger partial charge in [-0.3, -0.25) is 0 Å². The van der Waals surface area contributed by atoms with E-state index in [-0.39, 0.29) is 0 Å². The molecule has 278 valence electrons. The standard InChI is InChI=1S/C52H66Si/c1-7-11-15-17-23-45-37-43-25-19-27-47(41-33-29-39(30-34-41)21-13-9-3)49(43)51(45)53(5,6)52-46(24-18-16-12-8-2)38-44-26-20-28-48(50(44)52)42-35-31-40(32-36-42)22-14-10-4/h19-20,25-38H,7-18,21-24H2,1-6H3. The Balaban J connectivity index is 1.50. The van der Waals surface area contributed by atoms with Crippen molar-refractivity contribution in [2.24, 2.45) is 0 Å². The van der Waals surface area contributed by atoms with E-state index in [9.17, 15) is 0 Å². The van der Waals surface area contributed by atoms with Gasteiger partial charge in [0, 0.05) is 12.8 Å². The summed E-state index contributed by atoms with van der Waals surface area (Å²) >= 11 is 0. The van der Waals surface area contributed by atoms with E-state index in [1.54, 1.807) is 21.5 Å². The predicted molar refractivity (Wildman–Crippen MR) is 237 cm³/mol. The van der Waals surface area contributed by atoms with Crippen molar-refractivity contribution >= 4 is 18.5 Å². The maximum Gasteiger partial charge on any atom is 0.113 e. The molecule has 0 unspecified atom stereocenters. The fourth-order valence-corrected chi connectivity index (χ4v) is 13.2. The van der Waals surface area contributed by atoms with Crippen LogP contribution in [0.1, 0.15) is 151 Å². The second kappa shape index (κ2) is 18.8. The van der Waals surface area contributed by atoms with Crippen LogP contribution in [0.3, 0.4) is 0 Å². The molecule has 4 aromatic carbocycles. The molecule has 0 saturated heterocycles. The minimum absolute atomic E-state index is 1.17. The number of unbranched alkanes of at least 4 members (excludes halogenated alkanes) is 8. The van der Waals surface area contributed by atoms with Crippen LogP contribution in [0, 0.1) is 12.8 Å². The molecule has 2 aliphatic rings. The maximum atomic E-state index is 2.71. The Morgan fingerprint density at radius 1 is 0.396 bits per heavy atom. The summed E-state index contributed by atoms with van der Waals surface area (Å²) in [7, 11) is -2.29. The number of allylic oxidation sites excluding steroid dienone is 2. The molecule has 2 aliphatic carbocycles. The zero-order valence-corrected chi connectivity index (χ0v) is 35.1. The van der Waals surface area contributed by atoms with Gasteiger partial charge in [-0.15, -0.1) is 0 Å². The predicted octanol–water partition coefficient (Wildman–Crippen LogP) is 15.8. The van der Waals surface area contributed by atoms with Gasteiger partial charge in [0.1, 0.15) is 8.07 Å². The van der Waals surface area contributed by atoms with Gasteiger partial charge in [-0.1, -0.05) is 188 Å². The molecule has 0 heterocycles. The van der Waals surface area contributed by atoms with Crippen LogP contribution < -0.4 is 0 Å². The minimum Gasteiger partial charge on any atom is -0.0654 e. The van der Waals surface area contributed by atoms with Crippen LogP contribution >= 0.6 is 0 Å². The van der Waals surface area contributed by atoms with Crippen molar-refractivity contribution in [2.45, 2.75) is 144 Å². The fourth-order valence-electron chi connectivity index (χ4n) is 9.16. The van der Waals surface area contributed by atoms with Crippen LogP contribution in [0.4, 0.5) is 0 Å². The van der Waals surface area contributed by atoms with E-state index < -0.39 is 8.07 Å². The smallest absolute Gasteiger partial charge is 0.0654 e. The number of aryl methyl sites for hydroxylation is 2. The second-order valence-electron chi connectivity index (χ2n) is 16.5. The van der Waals surface area contributed by atoms with Crippen molar-refractivity contribution in [1.29, 1.82) is 0 Å². The summed E-state index contributed by atoms with van der Waals surface area (Å²) in [5.41, 5.74) is 17.6. The van der Waals surface area contributed by atoms with E-state index in [1.807, 2.05) is 0 Å². The quantitative estimate of drug-likeness (QED) is 0.0630. The third kappa shape index (κ3) is 8.94. The Kier molecular flexibility index (Phi) is 13.9. The lowest BCUT2D eigenvalue weighted by atomic mass is 9.95. The molecular formula is C52H66Si. The zero-order valence-electron chi connectivity index (χ0n) is 34.1. The van der Waals surface area contributed by atoms with E-state index in [0.29, 0.717) is 0 Å². The van der Waals surface area contributed by atoms with Crippen molar-refractivity contribution < 1.29 is 0 Å². The van der Waals surface area contributed by atoms with Crippen LogP contribution in [-0.4, -0.2) is 8.07 Å². The van der Waals surface area contributed by atoms with Crippen molar-refractivity contribution in [1.82, 2.24) is 0 Å². The highest BCUT2D eigenvalue weighted by molar-refractivity contribution is 7.09. The van der Waals surface area contributed by atoms with Crippen LogP contribution in [0.15, 0.2) is 96.1 Å². The molecule has 0 aliphatic heterocycles. The molecule has 0 spiro atoms. The molecule has 0 aromatic heterocycles. The number of rotatable bonds is 20. The molecule has 1 heteroatoms. The van der Waals surface area contributed by atoms with Crippen LogP contribution in [0.2, 0.25) is 13.1 Å². The monoisotopic (exact) mass is 718 g/mol. The molecule has 0 bridgehead atoms. The SMILES string of the molecule is CCCCCCC1=C([Si](C)(C)C2=C(CCCCCC)[CH]c3cccc(-c4ccc(CCCC)cc4)c32)c2c(cccc2-c2ccc(CCCC)cc2)[CH]1. The van der Waals surface area contributed by atoms with Gasteiger partial charge in [-0.2, -0.15) is 0 Å². The van der Waals surface area contributed by atoms with Crippen molar-refractivity contribution in [3.8, 4) is 22.3 Å². The van der Waals surface area contributed by atoms with Crippen molar-refractivity contribution in [3.63, 3.8) is 0 Å². The molecular weight excluding hydrogens is 653 g/mol. The van der Waals surface area contributed by atoms with E-state index >= 15 is 0 Å². The molecule has 53 heavy (non-hydrogen) atoms. The van der Waals surface area contributed by atoms with Crippen molar-refractivity contribution in [2.75, 3.05) is 0 Å². The molecule has 0 nitrogen and oxygen atoms in total. The summed E-state index contributed by atoms with van der Waals surface area (Å²) in [6, 6.07) is 33.4. The van der Waals surface area contributed by atoms with Crippen LogP contribution in [-0.2, 0) is 12.8 Å². The highest BCUT2D eigenvalue weighted by Gasteiger charge is 2.43. The maximum absolute atomic E-state index is 2.71. The molecule has 0 N–H and O–H groups in total. The average molecular weight is 719 g/mol. The number of fused-ring (bicyclic) bond motifs is 2. The van der Waals surface area contributed by atoms with E-state index in [1.165, 1.54) is 158 Å². The van der Waals surface area contributed by atoms with Gasteiger partial charge in [0.05, 0.1) is 0 Å². The van der Waals surface area contributed by atoms with Gasteiger partial charge in [0.15, 0.2) is 0 Å². The largest absolute Gasteiger partial charge is 0.113 e. The summed E-state index contributed by atoms with van der Waals surface area (Å²) in [6.07, 6.45) is 25.2. The lowest BCUT2D eigenvalue weighted by Crippen LogP contribution is -2.32.